The fourth-order valence-electron chi connectivity index (χ4n) is 1.84. The summed E-state index contributed by atoms with van der Waals surface area (Å²) in [7, 11) is 0. The average Bonchev–Trinajstić information content (AvgIpc) is 2.99. The quantitative estimate of drug-likeness (QED) is 0.885. The molecule has 0 fully saturated rings. The Balaban J connectivity index is 2.24. The summed E-state index contributed by atoms with van der Waals surface area (Å²) in [5, 5.41) is 13.6. The second kappa shape index (κ2) is 6.29. The highest BCUT2D eigenvalue weighted by atomic mass is 32.1. The normalized spacial score (nSPS) is 13.4. The van der Waals surface area contributed by atoms with Crippen molar-refractivity contribution in [1.29, 1.82) is 0 Å². The summed E-state index contributed by atoms with van der Waals surface area (Å²) in [5.74, 6) is -2.06. The molecule has 1 amide bonds. The Kier molecular flexibility index (Phi) is 4.47. The van der Waals surface area contributed by atoms with Crippen LogP contribution in [0.4, 0.5) is 0 Å². The van der Waals surface area contributed by atoms with Gasteiger partial charge in [-0.3, -0.25) is 9.59 Å². The lowest BCUT2D eigenvalue weighted by molar-refractivity contribution is -0.142. The van der Waals surface area contributed by atoms with E-state index in [1.807, 2.05) is 18.2 Å². The van der Waals surface area contributed by atoms with Crippen LogP contribution in [-0.4, -0.2) is 22.0 Å². The molecule has 0 spiro atoms. The topological polar surface area (TPSA) is 79.3 Å². The molecular formula is C14H14N2O3S. The van der Waals surface area contributed by atoms with Gasteiger partial charge in [-0.1, -0.05) is 30.3 Å². The third-order valence-electron chi connectivity index (χ3n) is 3.00. The zero-order valence-electron chi connectivity index (χ0n) is 10.8. The highest BCUT2D eigenvalue weighted by molar-refractivity contribution is 7.07. The van der Waals surface area contributed by atoms with Gasteiger partial charge in [0, 0.05) is 5.38 Å². The molecule has 1 heterocycles. The summed E-state index contributed by atoms with van der Waals surface area (Å²) in [5.41, 5.74) is 2.62. The van der Waals surface area contributed by atoms with Crippen LogP contribution in [0.1, 0.15) is 29.0 Å². The molecule has 2 aromatic rings. The van der Waals surface area contributed by atoms with Crippen molar-refractivity contribution in [2.45, 2.75) is 13.0 Å². The molecule has 2 N–H and O–H groups in total. The molecule has 5 nitrogen and oxygen atoms in total. The number of carbonyl (C=O) groups is 2. The predicted octanol–water partition coefficient (Wildman–Crippen LogP) is 2.33. The number of benzene rings is 1. The smallest absolute Gasteiger partial charge is 0.308 e. The van der Waals surface area contributed by atoms with Crippen LogP contribution in [0, 0.1) is 5.92 Å². The number of amides is 1. The number of carbonyl (C=O) groups excluding carboxylic acids is 1. The van der Waals surface area contributed by atoms with Crippen molar-refractivity contribution in [3.63, 3.8) is 0 Å². The van der Waals surface area contributed by atoms with E-state index in [1.54, 1.807) is 29.9 Å². The molecule has 0 saturated carbocycles. The maximum Gasteiger partial charge on any atom is 0.308 e. The van der Waals surface area contributed by atoms with E-state index in [2.05, 4.69) is 10.3 Å². The van der Waals surface area contributed by atoms with E-state index in [4.69, 9.17) is 0 Å². The molecule has 2 atom stereocenters. The lowest BCUT2D eigenvalue weighted by atomic mass is 9.94. The first kappa shape index (κ1) is 14.2. The monoisotopic (exact) mass is 290 g/mol. The number of hydrogen-bond donors (Lipinski definition) is 2. The van der Waals surface area contributed by atoms with Crippen molar-refractivity contribution in [2.75, 3.05) is 0 Å². The predicted molar refractivity (Wildman–Crippen MR) is 75.6 cm³/mol. The summed E-state index contributed by atoms with van der Waals surface area (Å²) in [6.07, 6.45) is 0. The van der Waals surface area contributed by atoms with Crippen molar-refractivity contribution in [3.05, 3.63) is 52.5 Å². The minimum atomic E-state index is -0.961. The number of nitrogens with one attached hydrogen (secondary N) is 1. The summed E-state index contributed by atoms with van der Waals surface area (Å²) in [4.78, 5) is 27.2. The first-order chi connectivity index (χ1) is 9.59. The number of nitrogens with zero attached hydrogens (tertiary/aromatic N) is 1. The van der Waals surface area contributed by atoms with Crippen molar-refractivity contribution >= 4 is 23.2 Å². The van der Waals surface area contributed by atoms with Gasteiger partial charge in [0.2, 0.25) is 0 Å². The maximum atomic E-state index is 12.1. The highest BCUT2D eigenvalue weighted by Gasteiger charge is 2.27. The maximum absolute atomic E-state index is 12.1. The van der Waals surface area contributed by atoms with Gasteiger partial charge in [-0.25, -0.2) is 4.98 Å². The van der Waals surface area contributed by atoms with Crippen molar-refractivity contribution in [1.82, 2.24) is 10.3 Å². The second-order valence-electron chi connectivity index (χ2n) is 4.36. The Morgan fingerprint density at radius 3 is 2.55 bits per heavy atom. The third-order valence-corrected chi connectivity index (χ3v) is 3.59. The van der Waals surface area contributed by atoms with E-state index >= 15 is 0 Å². The number of hydrogen-bond acceptors (Lipinski definition) is 4. The molecule has 1 aromatic carbocycles. The first-order valence-electron chi connectivity index (χ1n) is 6.06. The summed E-state index contributed by atoms with van der Waals surface area (Å²) >= 11 is 1.32. The Labute approximate surface area is 120 Å². The number of aromatic nitrogens is 1. The van der Waals surface area contributed by atoms with E-state index in [1.165, 1.54) is 11.3 Å². The van der Waals surface area contributed by atoms with Crippen molar-refractivity contribution < 1.29 is 14.7 Å². The van der Waals surface area contributed by atoms with Gasteiger partial charge in [-0.2, -0.15) is 0 Å². The van der Waals surface area contributed by atoms with Gasteiger partial charge in [-0.05, 0) is 12.5 Å². The van der Waals surface area contributed by atoms with Gasteiger partial charge < -0.3 is 10.4 Å². The Morgan fingerprint density at radius 1 is 1.30 bits per heavy atom. The number of aliphatic carboxylic acids is 1. The zero-order chi connectivity index (χ0) is 14.5. The number of carboxylic acids is 1. The lowest BCUT2D eigenvalue weighted by Gasteiger charge is -2.22. The summed E-state index contributed by atoms with van der Waals surface area (Å²) in [6.45, 7) is 1.57. The van der Waals surface area contributed by atoms with Gasteiger partial charge in [0.25, 0.3) is 5.91 Å². The molecule has 1 aromatic heterocycles. The van der Waals surface area contributed by atoms with Crippen molar-refractivity contribution in [3.8, 4) is 0 Å². The van der Waals surface area contributed by atoms with Crippen LogP contribution in [0.3, 0.4) is 0 Å². The van der Waals surface area contributed by atoms with E-state index in [9.17, 15) is 14.7 Å². The molecule has 0 bridgehead atoms. The van der Waals surface area contributed by atoms with Crippen LogP contribution < -0.4 is 5.32 Å². The van der Waals surface area contributed by atoms with Crippen LogP contribution in [0.5, 0.6) is 0 Å². The summed E-state index contributed by atoms with van der Waals surface area (Å²) < 4.78 is 0. The van der Waals surface area contributed by atoms with Gasteiger partial charge in [0.1, 0.15) is 5.69 Å². The Morgan fingerprint density at radius 2 is 2.00 bits per heavy atom. The first-order valence-corrected chi connectivity index (χ1v) is 7.00. The van der Waals surface area contributed by atoms with Gasteiger partial charge >= 0.3 is 5.97 Å². The van der Waals surface area contributed by atoms with E-state index in [0.29, 0.717) is 5.69 Å². The third kappa shape index (κ3) is 3.21. The molecule has 0 aliphatic carbocycles. The molecule has 104 valence electrons. The van der Waals surface area contributed by atoms with Gasteiger partial charge in [0.15, 0.2) is 0 Å². The average molecular weight is 290 g/mol. The van der Waals surface area contributed by atoms with Crippen LogP contribution in [0.15, 0.2) is 41.2 Å². The standard InChI is InChI=1S/C14H14N2O3S/c1-9(14(18)19)12(10-5-3-2-4-6-10)16-13(17)11-7-20-8-15-11/h2-9,12H,1H3,(H,16,17)(H,18,19)/t9-,12+/m0/s1. The minimum Gasteiger partial charge on any atom is -0.481 e. The largest absolute Gasteiger partial charge is 0.481 e. The van der Waals surface area contributed by atoms with Crippen LogP contribution in [0.2, 0.25) is 0 Å². The summed E-state index contributed by atoms with van der Waals surface area (Å²) in [6, 6.07) is 8.46. The number of thiazole rings is 1. The minimum absolute atomic E-state index is 0.300. The fourth-order valence-corrected chi connectivity index (χ4v) is 2.37. The zero-order valence-corrected chi connectivity index (χ0v) is 11.6. The molecule has 0 aliphatic rings. The lowest BCUT2D eigenvalue weighted by Crippen LogP contribution is -2.35. The Hall–Kier alpha value is -2.21. The van der Waals surface area contributed by atoms with E-state index in [-0.39, 0.29) is 5.91 Å². The molecule has 0 radical (unpaired) electrons. The molecular weight excluding hydrogens is 276 g/mol. The molecule has 20 heavy (non-hydrogen) atoms. The van der Waals surface area contributed by atoms with Gasteiger partial charge in [-0.15, -0.1) is 11.3 Å². The fraction of sp³-hybridized carbons (Fsp3) is 0.214. The molecule has 0 aliphatic heterocycles. The molecule has 0 unspecified atom stereocenters. The molecule has 2 rings (SSSR count). The van der Waals surface area contributed by atoms with Crippen LogP contribution in [-0.2, 0) is 4.79 Å². The molecule has 6 heteroatoms. The van der Waals surface area contributed by atoms with E-state index in [0.717, 1.165) is 5.56 Å². The highest BCUT2D eigenvalue weighted by Crippen LogP contribution is 2.22. The SMILES string of the molecule is C[C@H](C(=O)O)[C@@H](NC(=O)c1cscn1)c1ccccc1. The second-order valence-corrected chi connectivity index (χ2v) is 5.08. The molecule has 0 saturated heterocycles. The Bertz CT molecular complexity index is 584. The van der Waals surface area contributed by atoms with Crippen molar-refractivity contribution in [2.24, 2.45) is 5.92 Å². The van der Waals surface area contributed by atoms with E-state index < -0.39 is 17.9 Å². The van der Waals surface area contributed by atoms with Gasteiger partial charge in [0.05, 0.1) is 17.5 Å². The van der Waals surface area contributed by atoms with Crippen LogP contribution in [0.25, 0.3) is 0 Å². The van der Waals surface area contributed by atoms with Crippen LogP contribution >= 0.6 is 11.3 Å². The number of rotatable bonds is 5. The number of carboxylic acid groups (broad SMARTS) is 1.